The van der Waals surface area contributed by atoms with Gasteiger partial charge in [-0.1, -0.05) is 36.4 Å². The van der Waals surface area contributed by atoms with Crippen molar-refractivity contribution in [1.29, 1.82) is 0 Å². The number of carbonyl (C=O) groups is 1. The molecule has 0 aliphatic heterocycles. The lowest BCUT2D eigenvalue weighted by atomic mass is 10.0. The molecule has 2 aromatic carbocycles. The Morgan fingerprint density at radius 3 is 2.80 bits per heavy atom. The van der Waals surface area contributed by atoms with E-state index >= 15 is 0 Å². The molecular weight excluding hydrogens is 332 g/mol. The van der Waals surface area contributed by atoms with Gasteiger partial charge in [0.2, 0.25) is 0 Å². The number of fused-ring (bicyclic) bond motifs is 1. The predicted octanol–water partition coefficient (Wildman–Crippen LogP) is 4.79. The average molecular weight is 348 g/mol. The molecule has 0 spiro atoms. The number of nitrogens with one attached hydrogen (secondary N) is 1. The van der Waals surface area contributed by atoms with E-state index in [2.05, 4.69) is 10.3 Å². The van der Waals surface area contributed by atoms with Gasteiger partial charge in [0.25, 0.3) is 5.91 Å². The highest BCUT2D eigenvalue weighted by atomic mass is 32.1. The van der Waals surface area contributed by atoms with Crippen LogP contribution in [0.25, 0.3) is 21.5 Å². The van der Waals surface area contributed by atoms with E-state index in [1.807, 2.05) is 61.5 Å². The van der Waals surface area contributed by atoms with Crippen molar-refractivity contribution in [2.45, 2.75) is 13.5 Å². The van der Waals surface area contributed by atoms with Crippen molar-refractivity contribution >= 4 is 28.0 Å². The summed E-state index contributed by atoms with van der Waals surface area (Å²) in [7, 11) is 0. The monoisotopic (exact) mass is 348 g/mol. The first-order valence-electron chi connectivity index (χ1n) is 7.98. The van der Waals surface area contributed by atoms with Crippen LogP contribution in [-0.4, -0.2) is 10.9 Å². The summed E-state index contributed by atoms with van der Waals surface area (Å²) in [6, 6.07) is 17.4. The Balaban J connectivity index is 1.54. The second-order valence-corrected chi connectivity index (χ2v) is 6.80. The first-order valence-corrected chi connectivity index (χ1v) is 8.80. The lowest BCUT2D eigenvalue weighted by molar-refractivity contribution is 0.0953. The van der Waals surface area contributed by atoms with Crippen LogP contribution < -0.4 is 5.32 Å². The Bertz CT molecular complexity index is 1030. The lowest BCUT2D eigenvalue weighted by Gasteiger charge is -2.07. The van der Waals surface area contributed by atoms with Gasteiger partial charge in [-0.15, -0.1) is 11.3 Å². The number of furan rings is 1. The molecule has 2 aromatic heterocycles. The van der Waals surface area contributed by atoms with Gasteiger partial charge in [-0.05, 0) is 35.9 Å². The number of carbonyl (C=O) groups excluding carboxylic acids is 1. The van der Waals surface area contributed by atoms with E-state index in [-0.39, 0.29) is 5.91 Å². The third-order valence-corrected chi connectivity index (χ3v) is 5.24. The van der Waals surface area contributed by atoms with Gasteiger partial charge in [-0.25, -0.2) is 4.98 Å². The second kappa shape index (κ2) is 6.53. The van der Waals surface area contributed by atoms with E-state index in [1.165, 1.54) is 11.3 Å². The molecular formula is C20H16N2O2S. The Morgan fingerprint density at radius 2 is 1.96 bits per heavy atom. The molecule has 25 heavy (non-hydrogen) atoms. The molecule has 0 radical (unpaired) electrons. The summed E-state index contributed by atoms with van der Waals surface area (Å²) >= 11 is 1.54. The summed E-state index contributed by atoms with van der Waals surface area (Å²) in [5.41, 5.74) is 1.60. The molecule has 4 aromatic rings. The largest absolute Gasteiger partial charge is 0.462 e. The van der Waals surface area contributed by atoms with Crippen LogP contribution >= 0.6 is 11.3 Å². The highest BCUT2D eigenvalue weighted by Crippen LogP contribution is 2.28. The van der Waals surface area contributed by atoms with E-state index in [9.17, 15) is 4.79 Å². The Hall–Kier alpha value is -2.92. The van der Waals surface area contributed by atoms with Crippen molar-refractivity contribution < 1.29 is 9.21 Å². The molecule has 0 fully saturated rings. The number of nitrogens with zero attached hydrogens (tertiary/aromatic N) is 1. The maximum Gasteiger partial charge on any atom is 0.252 e. The highest BCUT2D eigenvalue weighted by Gasteiger charge is 2.14. The number of benzene rings is 2. The van der Waals surface area contributed by atoms with Crippen LogP contribution in [0.5, 0.6) is 0 Å². The molecule has 5 heteroatoms. The van der Waals surface area contributed by atoms with Crippen molar-refractivity contribution in [2.75, 3.05) is 0 Å². The smallest absolute Gasteiger partial charge is 0.252 e. The first kappa shape index (κ1) is 15.6. The molecule has 124 valence electrons. The van der Waals surface area contributed by atoms with Gasteiger partial charge in [0.15, 0.2) is 10.8 Å². The van der Waals surface area contributed by atoms with Crippen molar-refractivity contribution in [3.63, 3.8) is 0 Å². The zero-order valence-corrected chi connectivity index (χ0v) is 14.5. The van der Waals surface area contributed by atoms with E-state index in [0.29, 0.717) is 12.1 Å². The molecule has 1 amide bonds. The third-order valence-electron chi connectivity index (χ3n) is 4.07. The second-order valence-electron chi connectivity index (χ2n) is 5.71. The van der Waals surface area contributed by atoms with Gasteiger partial charge in [0.05, 0.1) is 18.5 Å². The van der Waals surface area contributed by atoms with Crippen LogP contribution in [0, 0.1) is 6.92 Å². The summed E-state index contributed by atoms with van der Waals surface area (Å²) < 4.78 is 5.39. The van der Waals surface area contributed by atoms with Crippen LogP contribution in [0.4, 0.5) is 0 Å². The van der Waals surface area contributed by atoms with Crippen molar-refractivity contribution in [1.82, 2.24) is 10.3 Å². The Kier molecular flexibility index (Phi) is 4.07. The molecule has 1 N–H and O–H groups in total. The SMILES string of the molecule is Cc1nc(-c2ccco2)sc1CNC(=O)c1cccc2ccccc12. The first-order chi connectivity index (χ1) is 12.2. The number of rotatable bonds is 4. The molecule has 0 aliphatic carbocycles. The predicted molar refractivity (Wildman–Crippen MR) is 99.7 cm³/mol. The standard InChI is InChI=1S/C20H16N2O2S/c1-13-18(25-20(22-13)17-10-5-11-24-17)12-21-19(23)16-9-4-7-14-6-2-3-8-15(14)16/h2-11H,12H2,1H3,(H,21,23). The molecule has 4 rings (SSSR count). The molecule has 4 nitrogen and oxygen atoms in total. The van der Waals surface area contributed by atoms with Crippen LogP contribution in [0.15, 0.2) is 65.3 Å². The molecule has 0 aliphatic rings. The minimum atomic E-state index is -0.0795. The van der Waals surface area contributed by atoms with Gasteiger partial charge < -0.3 is 9.73 Å². The summed E-state index contributed by atoms with van der Waals surface area (Å²) in [6.45, 7) is 2.40. The molecule has 0 saturated heterocycles. The maximum atomic E-state index is 12.6. The van der Waals surface area contributed by atoms with Gasteiger partial charge in [-0.3, -0.25) is 4.79 Å². The quantitative estimate of drug-likeness (QED) is 0.577. The third kappa shape index (κ3) is 3.06. The zero-order chi connectivity index (χ0) is 17.2. The van der Waals surface area contributed by atoms with Gasteiger partial charge >= 0.3 is 0 Å². The summed E-state index contributed by atoms with van der Waals surface area (Å²) in [5.74, 6) is 0.670. The van der Waals surface area contributed by atoms with Crippen LogP contribution in [0.3, 0.4) is 0 Å². The van der Waals surface area contributed by atoms with E-state index in [4.69, 9.17) is 4.42 Å². The lowest BCUT2D eigenvalue weighted by Crippen LogP contribution is -2.22. The molecule has 0 saturated carbocycles. The number of hydrogen-bond acceptors (Lipinski definition) is 4. The number of aryl methyl sites for hydroxylation is 1. The van der Waals surface area contributed by atoms with Crippen molar-refractivity contribution in [3.05, 3.63) is 77.0 Å². The number of thiazole rings is 1. The normalized spacial score (nSPS) is 10.9. The van der Waals surface area contributed by atoms with Crippen LogP contribution in [0.1, 0.15) is 20.9 Å². The van der Waals surface area contributed by atoms with E-state index in [0.717, 1.165) is 32.1 Å². The molecule has 0 bridgehead atoms. The van der Waals surface area contributed by atoms with Gasteiger partial charge in [0, 0.05) is 10.4 Å². The number of amides is 1. The van der Waals surface area contributed by atoms with E-state index in [1.54, 1.807) is 6.26 Å². The summed E-state index contributed by atoms with van der Waals surface area (Å²) in [6.07, 6.45) is 1.63. The van der Waals surface area contributed by atoms with Crippen LogP contribution in [-0.2, 0) is 6.54 Å². The zero-order valence-electron chi connectivity index (χ0n) is 13.7. The summed E-state index contributed by atoms with van der Waals surface area (Å²) in [5, 5.41) is 5.86. The van der Waals surface area contributed by atoms with Crippen molar-refractivity contribution in [3.8, 4) is 10.8 Å². The minimum absolute atomic E-state index is 0.0795. The fourth-order valence-corrected chi connectivity index (χ4v) is 3.75. The Labute approximate surface area is 149 Å². The van der Waals surface area contributed by atoms with E-state index < -0.39 is 0 Å². The number of aromatic nitrogens is 1. The fourth-order valence-electron chi connectivity index (χ4n) is 2.78. The number of hydrogen-bond donors (Lipinski definition) is 1. The fraction of sp³-hybridized carbons (Fsp3) is 0.100. The van der Waals surface area contributed by atoms with Crippen LogP contribution in [0.2, 0.25) is 0 Å². The average Bonchev–Trinajstić information content (AvgIpc) is 3.29. The van der Waals surface area contributed by atoms with Gasteiger partial charge in [0.1, 0.15) is 0 Å². The molecule has 0 atom stereocenters. The highest BCUT2D eigenvalue weighted by molar-refractivity contribution is 7.15. The van der Waals surface area contributed by atoms with Gasteiger partial charge in [-0.2, -0.15) is 0 Å². The molecule has 2 heterocycles. The minimum Gasteiger partial charge on any atom is -0.462 e. The molecule has 0 unspecified atom stereocenters. The Morgan fingerprint density at radius 1 is 1.12 bits per heavy atom. The maximum absolute atomic E-state index is 12.6. The topological polar surface area (TPSA) is 55.1 Å². The summed E-state index contributed by atoms with van der Waals surface area (Å²) in [4.78, 5) is 18.2. The van der Waals surface area contributed by atoms with Crippen molar-refractivity contribution in [2.24, 2.45) is 0 Å².